The minimum absolute atomic E-state index is 0.0391. The molecular formula is C22H27N2O10P. The molecule has 1 saturated carbocycles. The highest BCUT2D eigenvalue weighted by Gasteiger charge is 2.59. The molecule has 0 aromatic heterocycles. The number of amides is 2. The zero-order chi connectivity index (χ0) is 24.3. The standard InChI is InChI=1S/C22H27N2O10P/c25-13-8-12-11-9-14-20(31-10-30-14)18(27)16(11)22(28)23-17(12)21-19(13)33-35(29,34-21)32-7-6-24-5-3-1-2-4-15(24)26/h9,12-13,17,19,21,25,27H,1-8,10H2,(H,23,28)/t12-,13+,17-,19-,21+,35?/m1/s1. The van der Waals surface area contributed by atoms with Gasteiger partial charge >= 0.3 is 7.82 Å². The number of aliphatic hydroxyl groups is 1. The molecular weight excluding hydrogens is 483 g/mol. The zero-order valence-electron chi connectivity index (χ0n) is 18.9. The van der Waals surface area contributed by atoms with Gasteiger partial charge in [-0.3, -0.25) is 23.2 Å². The van der Waals surface area contributed by atoms with Crippen molar-refractivity contribution in [2.24, 2.45) is 0 Å². The first kappa shape index (κ1) is 23.1. The smallest absolute Gasteiger partial charge is 0.475 e. The number of hydrogen-bond donors (Lipinski definition) is 3. The molecule has 1 aromatic rings. The largest absolute Gasteiger partial charge is 0.504 e. The summed E-state index contributed by atoms with van der Waals surface area (Å²) in [6, 6.07) is 0.958. The molecule has 4 heterocycles. The van der Waals surface area contributed by atoms with E-state index in [4.69, 9.17) is 23.0 Å². The Morgan fingerprint density at radius 2 is 2.00 bits per heavy atom. The lowest BCUT2D eigenvalue weighted by Crippen LogP contribution is -2.60. The van der Waals surface area contributed by atoms with Crippen LogP contribution >= 0.6 is 7.82 Å². The van der Waals surface area contributed by atoms with Crippen LogP contribution in [0.1, 0.15) is 53.9 Å². The second kappa shape index (κ2) is 8.63. The molecule has 13 heteroatoms. The summed E-state index contributed by atoms with van der Waals surface area (Å²) in [5.74, 6) is -0.859. The first-order chi connectivity index (χ1) is 16.8. The number of nitrogens with one attached hydrogen (secondary N) is 1. The lowest BCUT2D eigenvalue weighted by Gasteiger charge is -2.43. The third kappa shape index (κ3) is 3.88. The topological polar surface area (TPSA) is 153 Å². The molecule has 3 N–H and O–H groups in total. The SMILES string of the molecule is O=C1N[C@H]2[C@@H]3OP(=O)(OCCN4CCCCCC4=O)O[C@@H]3[C@@H](O)C[C@@H]2c2cc3c(c(O)c21)OCO3. The monoisotopic (exact) mass is 510 g/mol. The molecule has 4 aliphatic heterocycles. The normalized spacial score (nSPS) is 35.7. The lowest BCUT2D eigenvalue weighted by molar-refractivity contribution is -0.131. The molecule has 6 rings (SSSR count). The fraction of sp³-hybridized carbons (Fsp3) is 0.636. The van der Waals surface area contributed by atoms with E-state index in [-0.39, 0.29) is 49.3 Å². The van der Waals surface area contributed by atoms with E-state index in [2.05, 4.69) is 5.32 Å². The van der Waals surface area contributed by atoms with Crippen molar-refractivity contribution >= 4 is 19.6 Å². The van der Waals surface area contributed by atoms with Crippen molar-refractivity contribution in [2.45, 2.75) is 62.4 Å². The number of hydrogen-bond acceptors (Lipinski definition) is 10. The van der Waals surface area contributed by atoms with Gasteiger partial charge in [0.1, 0.15) is 12.2 Å². The van der Waals surface area contributed by atoms with E-state index < -0.39 is 44.0 Å². The number of likely N-dealkylation sites (tertiary alicyclic amines) is 1. The number of fused-ring (bicyclic) bond motifs is 6. The molecule has 1 aromatic carbocycles. The third-order valence-electron chi connectivity index (χ3n) is 7.36. The van der Waals surface area contributed by atoms with Gasteiger partial charge in [-0.1, -0.05) is 6.42 Å². The molecule has 1 unspecified atom stereocenters. The summed E-state index contributed by atoms with van der Waals surface area (Å²) in [5.41, 5.74) is 0.547. The number of nitrogens with zero attached hydrogens (tertiary/aromatic N) is 1. The number of phenolic OH excluding ortho intramolecular Hbond substituents is 1. The van der Waals surface area contributed by atoms with Gasteiger partial charge in [0.25, 0.3) is 5.91 Å². The first-order valence-corrected chi connectivity index (χ1v) is 13.3. The molecule has 1 aliphatic carbocycles. The molecule has 12 nitrogen and oxygen atoms in total. The number of ether oxygens (including phenoxy) is 2. The summed E-state index contributed by atoms with van der Waals surface area (Å²) in [5, 5.41) is 24.3. The molecule has 0 bridgehead atoms. The molecule has 0 spiro atoms. The van der Waals surface area contributed by atoms with E-state index >= 15 is 0 Å². The van der Waals surface area contributed by atoms with Crippen LogP contribution in [0.2, 0.25) is 0 Å². The number of aliphatic hydroxyl groups excluding tert-OH is 1. The lowest BCUT2D eigenvalue weighted by atomic mass is 9.72. The summed E-state index contributed by atoms with van der Waals surface area (Å²) < 4.78 is 40.7. The predicted molar refractivity (Wildman–Crippen MR) is 117 cm³/mol. The maximum absolute atomic E-state index is 13.3. The van der Waals surface area contributed by atoms with E-state index in [0.717, 1.165) is 19.3 Å². The summed E-state index contributed by atoms with van der Waals surface area (Å²) in [7, 11) is -4.04. The van der Waals surface area contributed by atoms with Crippen LogP contribution in [-0.2, 0) is 22.9 Å². The molecule has 6 atom stereocenters. The van der Waals surface area contributed by atoms with Crippen LogP contribution in [0.4, 0.5) is 0 Å². The number of aromatic hydroxyl groups is 1. The van der Waals surface area contributed by atoms with Crippen molar-refractivity contribution in [2.75, 3.05) is 26.5 Å². The minimum Gasteiger partial charge on any atom is -0.504 e. The summed E-state index contributed by atoms with van der Waals surface area (Å²) in [6.07, 6.45) is 0.470. The van der Waals surface area contributed by atoms with E-state index in [9.17, 15) is 24.4 Å². The van der Waals surface area contributed by atoms with Gasteiger partial charge in [-0.05, 0) is 30.9 Å². The molecule has 2 amide bonds. The number of phenols is 1. The average Bonchev–Trinajstić information content (AvgIpc) is 3.38. The molecule has 190 valence electrons. The van der Waals surface area contributed by atoms with Gasteiger partial charge < -0.3 is 29.9 Å². The third-order valence-corrected chi connectivity index (χ3v) is 8.86. The number of phosphoric ester groups is 1. The van der Waals surface area contributed by atoms with Gasteiger partial charge in [-0.2, -0.15) is 0 Å². The van der Waals surface area contributed by atoms with Crippen LogP contribution in [0.15, 0.2) is 6.07 Å². The Morgan fingerprint density at radius 3 is 2.86 bits per heavy atom. The molecule has 5 aliphatic rings. The zero-order valence-corrected chi connectivity index (χ0v) is 19.8. The highest BCUT2D eigenvalue weighted by atomic mass is 31.2. The first-order valence-electron chi connectivity index (χ1n) is 11.9. The van der Waals surface area contributed by atoms with Crippen LogP contribution in [0.3, 0.4) is 0 Å². The number of rotatable bonds is 4. The number of carbonyl (C=O) groups is 2. The summed E-state index contributed by atoms with van der Waals surface area (Å²) >= 11 is 0. The number of carbonyl (C=O) groups excluding carboxylic acids is 2. The van der Waals surface area contributed by atoms with Crippen LogP contribution in [0, 0.1) is 0 Å². The van der Waals surface area contributed by atoms with Crippen LogP contribution in [0.25, 0.3) is 0 Å². The number of phosphoric acid groups is 1. The van der Waals surface area contributed by atoms with Gasteiger partial charge in [0.05, 0.1) is 24.3 Å². The fourth-order valence-corrected chi connectivity index (χ4v) is 7.26. The highest BCUT2D eigenvalue weighted by molar-refractivity contribution is 7.48. The van der Waals surface area contributed by atoms with E-state index in [1.54, 1.807) is 11.0 Å². The maximum Gasteiger partial charge on any atom is 0.475 e. The van der Waals surface area contributed by atoms with Crippen molar-refractivity contribution in [3.05, 3.63) is 17.2 Å². The highest BCUT2D eigenvalue weighted by Crippen LogP contribution is 2.62. The van der Waals surface area contributed by atoms with Gasteiger partial charge in [0.2, 0.25) is 18.4 Å². The molecule has 2 saturated heterocycles. The Labute approximate surface area is 201 Å². The quantitative estimate of drug-likeness (QED) is 0.507. The van der Waals surface area contributed by atoms with Gasteiger partial charge in [-0.15, -0.1) is 0 Å². The van der Waals surface area contributed by atoms with Gasteiger partial charge in [0.15, 0.2) is 11.5 Å². The van der Waals surface area contributed by atoms with E-state index in [1.807, 2.05) is 0 Å². The molecule has 35 heavy (non-hydrogen) atoms. The minimum atomic E-state index is -4.04. The summed E-state index contributed by atoms with van der Waals surface area (Å²) in [6.45, 7) is 0.767. The summed E-state index contributed by atoms with van der Waals surface area (Å²) in [4.78, 5) is 26.8. The van der Waals surface area contributed by atoms with Crippen LogP contribution in [0.5, 0.6) is 17.2 Å². The van der Waals surface area contributed by atoms with Crippen LogP contribution in [-0.4, -0.2) is 77.8 Å². The molecule has 3 fully saturated rings. The van der Waals surface area contributed by atoms with Crippen molar-refractivity contribution < 1.29 is 47.4 Å². The van der Waals surface area contributed by atoms with Gasteiger partial charge in [0, 0.05) is 25.4 Å². The Hall–Kier alpha value is -2.37. The average molecular weight is 510 g/mol. The second-order valence-electron chi connectivity index (χ2n) is 9.44. The van der Waals surface area contributed by atoms with Gasteiger partial charge in [-0.25, -0.2) is 4.57 Å². The van der Waals surface area contributed by atoms with Crippen LogP contribution < -0.4 is 14.8 Å². The Kier molecular flexibility index (Phi) is 5.69. The van der Waals surface area contributed by atoms with E-state index in [1.165, 1.54) is 0 Å². The Balaban J connectivity index is 1.20. The Morgan fingerprint density at radius 1 is 1.17 bits per heavy atom. The maximum atomic E-state index is 13.3. The number of benzene rings is 1. The van der Waals surface area contributed by atoms with Crippen molar-refractivity contribution in [1.29, 1.82) is 0 Å². The molecule has 0 radical (unpaired) electrons. The van der Waals surface area contributed by atoms with Crippen molar-refractivity contribution in [1.82, 2.24) is 10.2 Å². The predicted octanol–water partition coefficient (Wildman–Crippen LogP) is 1.39. The van der Waals surface area contributed by atoms with Crippen molar-refractivity contribution in [3.8, 4) is 17.2 Å². The fourth-order valence-electron chi connectivity index (χ4n) is 5.67. The Bertz CT molecular complexity index is 1110. The van der Waals surface area contributed by atoms with Crippen molar-refractivity contribution in [3.63, 3.8) is 0 Å². The van der Waals surface area contributed by atoms with E-state index in [0.29, 0.717) is 24.3 Å². The second-order valence-corrected chi connectivity index (χ2v) is 11.0.